The Kier molecular flexibility index (Phi) is 3.59. The van der Waals surface area contributed by atoms with Crippen LogP contribution in [0.3, 0.4) is 0 Å². The van der Waals surface area contributed by atoms with Gasteiger partial charge in [0.15, 0.2) is 0 Å². The molecule has 2 N–H and O–H groups in total. The zero-order valence-electron chi connectivity index (χ0n) is 10.7. The molecule has 90 valence electrons. The molecule has 1 heterocycles. The lowest BCUT2D eigenvalue weighted by atomic mass is 10.1. The SMILES string of the molecule is CCNCc1nc(-c2cccc(C)c2)c(C)[nH]1. The summed E-state index contributed by atoms with van der Waals surface area (Å²) in [6, 6.07) is 8.45. The van der Waals surface area contributed by atoms with E-state index in [1.165, 1.54) is 11.1 Å². The Morgan fingerprint density at radius 3 is 2.82 bits per heavy atom. The first-order chi connectivity index (χ1) is 8.20. The summed E-state index contributed by atoms with van der Waals surface area (Å²) >= 11 is 0. The third kappa shape index (κ3) is 2.74. The molecule has 0 bridgehead atoms. The van der Waals surface area contributed by atoms with Crippen LogP contribution in [0.15, 0.2) is 24.3 Å². The fourth-order valence-corrected chi connectivity index (χ4v) is 1.92. The normalized spacial score (nSPS) is 10.8. The van der Waals surface area contributed by atoms with E-state index < -0.39 is 0 Å². The molecule has 2 rings (SSSR count). The third-order valence-electron chi connectivity index (χ3n) is 2.77. The van der Waals surface area contributed by atoms with E-state index in [-0.39, 0.29) is 0 Å². The molecule has 2 aromatic rings. The van der Waals surface area contributed by atoms with Gasteiger partial charge >= 0.3 is 0 Å². The summed E-state index contributed by atoms with van der Waals surface area (Å²) in [7, 11) is 0. The Morgan fingerprint density at radius 2 is 2.12 bits per heavy atom. The van der Waals surface area contributed by atoms with Crippen molar-refractivity contribution in [3.63, 3.8) is 0 Å². The summed E-state index contributed by atoms with van der Waals surface area (Å²) in [6.07, 6.45) is 0. The fourth-order valence-electron chi connectivity index (χ4n) is 1.92. The van der Waals surface area contributed by atoms with E-state index in [4.69, 9.17) is 0 Å². The zero-order chi connectivity index (χ0) is 12.3. The predicted molar refractivity (Wildman–Crippen MR) is 70.9 cm³/mol. The molecule has 0 unspecified atom stereocenters. The van der Waals surface area contributed by atoms with E-state index in [1.807, 2.05) is 0 Å². The van der Waals surface area contributed by atoms with Crippen molar-refractivity contribution in [2.24, 2.45) is 0 Å². The van der Waals surface area contributed by atoms with Gasteiger partial charge in [0.2, 0.25) is 0 Å². The van der Waals surface area contributed by atoms with Crippen molar-refractivity contribution in [2.75, 3.05) is 6.54 Å². The van der Waals surface area contributed by atoms with E-state index in [1.54, 1.807) is 0 Å². The van der Waals surface area contributed by atoms with Crippen LogP contribution in [0.1, 0.15) is 24.0 Å². The minimum Gasteiger partial charge on any atom is -0.344 e. The van der Waals surface area contributed by atoms with Crippen LogP contribution in [0.4, 0.5) is 0 Å². The van der Waals surface area contributed by atoms with Crippen LogP contribution in [-0.4, -0.2) is 16.5 Å². The van der Waals surface area contributed by atoms with Crippen molar-refractivity contribution in [1.82, 2.24) is 15.3 Å². The summed E-state index contributed by atoms with van der Waals surface area (Å²) in [5.41, 5.74) is 4.63. The molecule has 0 saturated carbocycles. The van der Waals surface area contributed by atoms with Crippen LogP contribution >= 0.6 is 0 Å². The van der Waals surface area contributed by atoms with Gasteiger partial charge in [-0.15, -0.1) is 0 Å². The van der Waals surface area contributed by atoms with Crippen LogP contribution < -0.4 is 5.32 Å². The second-order valence-corrected chi connectivity index (χ2v) is 4.31. The van der Waals surface area contributed by atoms with E-state index in [0.717, 1.165) is 30.3 Å². The second kappa shape index (κ2) is 5.15. The molecule has 0 aliphatic carbocycles. The van der Waals surface area contributed by atoms with Crippen LogP contribution in [0.2, 0.25) is 0 Å². The minimum absolute atomic E-state index is 0.795. The third-order valence-corrected chi connectivity index (χ3v) is 2.77. The number of imidazole rings is 1. The molecule has 0 radical (unpaired) electrons. The number of hydrogen-bond acceptors (Lipinski definition) is 2. The minimum atomic E-state index is 0.795. The van der Waals surface area contributed by atoms with Gasteiger partial charge < -0.3 is 10.3 Å². The molecule has 0 fully saturated rings. The molecule has 0 saturated heterocycles. The van der Waals surface area contributed by atoms with Gasteiger partial charge in [0.05, 0.1) is 12.2 Å². The van der Waals surface area contributed by atoms with E-state index in [9.17, 15) is 0 Å². The Morgan fingerprint density at radius 1 is 1.29 bits per heavy atom. The molecule has 17 heavy (non-hydrogen) atoms. The molecule has 1 aromatic carbocycles. The highest BCUT2D eigenvalue weighted by Gasteiger charge is 2.08. The molecule has 0 atom stereocenters. The first-order valence-electron chi connectivity index (χ1n) is 6.04. The number of hydrogen-bond donors (Lipinski definition) is 2. The maximum absolute atomic E-state index is 4.64. The lowest BCUT2D eigenvalue weighted by Gasteiger charge is -1.99. The highest BCUT2D eigenvalue weighted by molar-refractivity contribution is 5.62. The van der Waals surface area contributed by atoms with E-state index >= 15 is 0 Å². The smallest absolute Gasteiger partial charge is 0.121 e. The summed E-state index contributed by atoms with van der Waals surface area (Å²) in [4.78, 5) is 7.96. The number of nitrogens with one attached hydrogen (secondary N) is 2. The first kappa shape index (κ1) is 11.9. The molecular formula is C14H19N3. The van der Waals surface area contributed by atoms with Crippen molar-refractivity contribution < 1.29 is 0 Å². The van der Waals surface area contributed by atoms with Gasteiger partial charge in [-0.2, -0.15) is 0 Å². The average molecular weight is 229 g/mol. The van der Waals surface area contributed by atoms with Gasteiger partial charge in [-0.05, 0) is 26.5 Å². The van der Waals surface area contributed by atoms with Crippen molar-refractivity contribution in [3.8, 4) is 11.3 Å². The predicted octanol–water partition coefficient (Wildman–Crippen LogP) is 2.80. The number of aromatic nitrogens is 2. The Hall–Kier alpha value is -1.61. The summed E-state index contributed by atoms with van der Waals surface area (Å²) < 4.78 is 0. The molecule has 1 aromatic heterocycles. The standard InChI is InChI=1S/C14H19N3/c1-4-15-9-13-16-11(3)14(17-13)12-7-5-6-10(2)8-12/h5-8,15H,4,9H2,1-3H3,(H,16,17). The number of H-pyrrole nitrogens is 1. The number of nitrogens with zero attached hydrogens (tertiary/aromatic N) is 1. The molecular weight excluding hydrogens is 210 g/mol. The van der Waals surface area contributed by atoms with Gasteiger partial charge in [-0.25, -0.2) is 4.98 Å². The van der Waals surface area contributed by atoms with Gasteiger partial charge in [-0.3, -0.25) is 0 Å². The monoisotopic (exact) mass is 229 g/mol. The Bertz CT molecular complexity index is 500. The average Bonchev–Trinajstić information content (AvgIpc) is 2.68. The van der Waals surface area contributed by atoms with Crippen LogP contribution in [-0.2, 0) is 6.54 Å². The highest BCUT2D eigenvalue weighted by Crippen LogP contribution is 2.21. The molecule has 0 amide bonds. The van der Waals surface area contributed by atoms with Gasteiger partial charge in [0, 0.05) is 11.3 Å². The number of aromatic amines is 1. The van der Waals surface area contributed by atoms with E-state index in [2.05, 4.69) is 60.3 Å². The second-order valence-electron chi connectivity index (χ2n) is 4.31. The van der Waals surface area contributed by atoms with Crippen molar-refractivity contribution >= 4 is 0 Å². The quantitative estimate of drug-likeness (QED) is 0.846. The van der Waals surface area contributed by atoms with Gasteiger partial charge in [-0.1, -0.05) is 30.7 Å². The van der Waals surface area contributed by atoms with Crippen LogP contribution in [0, 0.1) is 13.8 Å². The lowest BCUT2D eigenvalue weighted by Crippen LogP contribution is -2.12. The molecule has 0 aliphatic rings. The number of rotatable bonds is 4. The van der Waals surface area contributed by atoms with Gasteiger partial charge in [0.25, 0.3) is 0 Å². The highest BCUT2D eigenvalue weighted by atomic mass is 15.0. The van der Waals surface area contributed by atoms with Crippen molar-refractivity contribution in [1.29, 1.82) is 0 Å². The summed E-state index contributed by atoms with van der Waals surface area (Å²) in [6.45, 7) is 8.02. The summed E-state index contributed by atoms with van der Waals surface area (Å²) in [5, 5.41) is 3.27. The molecule has 0 aliphatic heterocycles. The van der Waals surface area contributed by atoms with E-state index in [0.29, 0.717) is 0 Å². The topological polar surface area (TPSA) is 40.7 Å². The number of aryl methyl sites for hydroxylation is 2. The first-order valence-corrected chi connectivity index (χ1v) is 6.04. The largest absolute Gasteiger partial charge is 0.344 e. The maximum Gasteiger partial charge on any atom is 0.121 e. The van der Waals surface area contributed by atoms with Gasteiger partial charge in [0.1, 0.15) is 5.82 Å². The van der Waals surface area contributed by atoms with Crippen LogP contribution in [0.25, 0.3) is 11.3 Å². The number of benzene rings is 1. The fraction of sp³-hybridized carbons (Fsp3) is 0.357. The summed E-state index contributed by atoms with van der Waals surface area (Å²) in [5.74, 6) is 1.00. The molecule has 0 spiro atoms. The zero-order valence-corrected chi connectivity index (χ0v) is 10.7. The lowest BCUT2D eigenvalue weighted by molar-refractivity contribution is 0.697. The molecule has 3 nitrogen and oxygen atoms in total. The molecule has 3 heteroatoms. The van der Waals surface area contributed by atoms with Crippen molar-refractivity contribution in [2.45, 2.75) is 27.3 Å². The van der Waals surface area contributed by atoms with Crippen molar-refractivity contribution in [3.05, 3.63) is 41.3 Å². The Balaban J connectivity index is 2.29. The maximum atomic E-state index is 4.64. The van der Waals surface area contributed by atoms with Crippen LogP contribution in [0.5, 0.6) is 0 Å². The Labute approximate surface area is 102 Å².